The van der Waals surface area contributed by atoms with Crippen molar-refractivity contribution >= 4 is 38.3 Å². The first-order valence-corrected chi connectivity index (χ1v) is 9.55. The summed E-state index contributed by atoms with van der Waals surface area (Å²) >= 11 is 0. The van der Waals surface area contributed by atoms with Gasteiger partial charge in [0.05, 0.1) is 32.8 Å². The molecule has 27 heavy (non-hydrogen) atoms. The van der Waals surface area contributed by atoms with Crippen LogP contribution in [0.15, 0.2) is 82.6 Å². The number of carbonyl (C=O) groups is 1. The van der Waals surface area contributed by atoms with E-state index in [2.05, 4.69) is 0 Å². The lowest BCUT2D eigenvalue weighted by Crippen LogP contribution is -2.02. The minimum atomic E-state index is -1.61. The van der Waals surface area contributed by atoms with Crippen molar-refractivity contribution in [3.8, 4) is 0 Å². The largest absolute Gasteiger partial charge is 0.478 e. The third-order valence-corrected chi connectivity index (χ3v) is 6.10. The molecule has 0 aliphatic rings. The second kappa shape index (κ2) is 6.95. The summed E-state index contributed by atoms with van der Waals surface area (Å²) < 4.78 is 13.6. The molecule has 0 aromatic heterocycles. The fourth-order valence-corrected chi connectivity index (χ4v) is 4.91. The number of aliphatic hydroxyl groups excluding tert-OH is 1. The predicted octanol–water partition coefficient (Wildman–Crippen LogP) is 4.35. The number of fused-ring (bicyclic) bond motifs is 2. The number of aromatic carboxylic acids is 1. The van der Waals surface area contributed by atoms with Crippen LogP contribution < -0.4 is 0 Å². The van der Waals surface area contributed by atoms with E-state index in [-0.39, 0.29) is 12.2 Å². The lowest BCUT2D eigenvalue weighted by atomic mass is 10.0. The SMILES string of the molecule is O=C(O)c1cccc2cccc([S@@](=O)c3cccc4cccc(CO)c34)c12. The molecule has 0 radical (unpaired) electrons. The molecule has 4 nitrogen and oxygen atoms in total. The molecule has 2 N–H and O–H groups in total. The quantitative estimate of drug-likeness (QED) is 0.555. The maximum absolute atomic E-state index is 13.6. The Bertz CT molecular complexity index is 1200. The number of aliphatic hydroxyl groups is 1. The van der Waals surface area contributed by atoms with Gasteiger partial charge in [0.25, 0.3) is 0 Å². The summed E-state index contributed by atoms with van der Waals surface area (Å²) in [6.45, 7) is -0.165. The minimum Gasteiger partial charge on any atom is -0.478 e. The smallest absolute Gasteiger partial charge is 0.336 e. The maximum atomic E-state index is 13.6. The van der Waals surface area contributed by atoms with Gasteiger partial charge in [-0.3, -0.25) is 0 Å². The Balaban J connectivity index is 2.03. The minimum absolute atomic E-state index is 0.124. The third-order valence-electron chi connectivity index (χ3n) is 4.62. The molecule has 0 aliphatic heterocycles. The predicted molar refractivity (Wildman–Crippen MR) is 105 cm³/mol. The van der Waals surface area contributed by atoms with E-state index in [1.54, 1.807) is 30.3 Å². The highest BCUT2D eigenvalue weighted by molar-refractivity contribution is 7.85. The molecular weight excluding hydrogens is 360 g/mol. The van der Waals surface area contributed by atoms with Crippen LogP contribution in [-0.4, -0.2) is 20.4 Å². The van der Waals surface area contributed by atoms with Gasteiger partial charge in [-0.15, -0.1) is 0 Å². The molecule has 4 aromatic carbocycles. The molecule has 0 bridgehead atoms. The van der Waals surface area contributed by atoms with Gasteiger partial charge in [0.2, 0.25) is 0 Å². The van der Waals surface area contributed by atoms with E-state index in [1.807, 2.05) is 36.4 Å². The van der Waals surface area contributed by atoms with Gasteiger partial charge in [0.15, 0.2) is 0 Å². The summed E-state index contributed by atoms with van der Waals surface area (Å²) in [6, 6.07) is 21.3. The standard InChI is InChI=1S/C22H16O4S/c23-13-16-9-1-5-14-7-3-11-18(20(14)16)27(26)19-12-4-8-15-6-2-10-17(21(15)19)22(24)25/h1-12,23H,13H2,(H,24,25)/t27-/m0/s1. The topological polar surface area (TPSA) is 74.6 Å². The number of carboxylic acids is 1. The summed E-state index contributed by atoms with van der Waals surface area (Å²) in [5, 5.41) is 22.1. The van der Waals surface area contributed by atoms with Crippen LogP contribution in [0.4, 0.5) is 0 Å². The molecule has 4 aromatic rings. The van der Waals surface area contributed by atoms with Crippen LogP contribution in [0.1, 0.15) is 15.9 Å². The fraction of sp³-hybridized carbons (Fsp3) is 0.0455. The van der Waals surface area contributed by atoms with Crippen molar-refractivity contribution in [2.24, 2.45) is 0 Å². The lowest BCUT2D eigenvalue weighted by Gasteiger charge is -2.13. The van der Waals surface area contributed by atoms with E-state index in [0.29, 0.717) is 20.7 Å². The average Bonchev–Trinajstić information content (AvgIpc) is 2.71. The van der Waals surface area contributed by atoms with Gasteiger partial charge in [0, 0.05) is 10.8 Å². The second-order valence-corrected chi connectivity index (χ2v) is 7.58. The van der Waals surface area contributed by atoms with Crippen molar-refractivity contribution in [3.63, 3.8) is 0 Å². The van der Waals surface area contributed by atoms with Crippen LogP contribution in [0.25, 0.3) is 21.5 Å². The van der Waals surface area contributed by atoms with Crippen molar-refractivity contribution < 1.29 is 19.2 Å². The number of hydrogen-bond acceptors (Lipinski definition) is 3. The van der Waals surface area contributed by atoms with Crippen LogP contribution in [0, 0.1) is 0 Å². The molecule has 134 valence electrons. The van der Waals surface area contributed by atoms with Crippen molar-refractivity contribution in [2.45, 2.75) is 16.4 Å². The Hall–Kier alpha value is -3.02. The van der Waals surface area contributed by atoms with Crippen LogP contribution in [-0.2, 0) is 17.4 Å². The highest BCUT2D eigenvalue weighted by Crippen LogP contribution is 2.33. The monoisotopic (exact) mass is 376 g/mol. The van der Waals surface area contributed by atoms with Crippen molar-refractivity contribution in [1.82, 2.24) is 0 Å². The van der Waals surface area contributed by atoms with Gasteiger partial charge >= 0.3 is 5.97 Å². The first-order chi connectivity index (χ1) is 13.1. The number of rotatable bonds is 4. The molecular formula is C22H16O4S. The molecule has 0 unspecified atom stereocenters. The second-order valence-electron chi connectivity index (χ2n) is 6.16. The first kappa shape index (κ1) is 17.4. The molecule has 0 amide bonds. The third kappa shape index (κ3) is 2.91. The van der Waals surface area contributed by atoms with Gasteiger partial charge in [-0.25, -0.2) is 9.00 Å². The average molecular weight is 376 g/mol. The van der Waals surface area contributed by atoms with Crippen molar-refractivity contribution in [1.29, 1.82) is 0 Å². The lowest BCUT2D eigenvalue weighted by molar-refractivity contribution is 0.0699. The molecule has 0 heterocycles. The zero-order valence-corrected chi connectivity index (χ0v) is 15.1. The van der Waals surface area contributed by atoms with Gasteiger partial charge in [-0.2, -0.15) is 0 Å². The van der Waals surface area contributed by atoms with Gasteiger partial charge in [-0.1, -0.05) is 54.6 Å². The zero-order chi connectivity index (χ0) is 19.0. The molecule has 0 aliphatic carbocycles. The summed E-state index contributed by atoms with van der Waals surface area (Å²) in [4.78, 5) is 12.7. The van der Waals surface area contributed by atoms with E-state index < -0.39 is 16.8 Å². The molecule has 0 fully saturated rings. The van der Waals surface area contributed by atoms with E-state index >= 15 is 0 Å². The molecule has 0 saturated heterocycles. The summed E-state index contributed by atoms with van der Waals surface area (Å²) in [5.41, 5.74) is 0.814. The molecule has 0 spiro atoms. The van der Waals surface area contributed by atoms with Crippen molar-refractivity contribution in [3.05, 3.63) is 83.9 Å². The van der Waals surface area contributed by atoms with Crippen LogP contribution >= 0.6 is 0 Å². The Morgan fingerprint density at radius 2 is 1.30 bits per heavy atom. The molecule has 0 saturated carbocycles. The van der Waals surface area contributed by atoms with E-state index in [1.165, 1.54) is 6.07 Å². The van der Waals surface area contributed by atoms with Crippen LogP contribution in [0.3, 0.4) is 0 Å². The normalized spacial score (nSPS) is 12.3. The summed E-state index contributed by atoms with van der Waals surface area (Å²) in [5.74, 6) is -1.06. The van der Waals surface area contributed by atoms with E-state index in [0.717, 1.165) is 16.2 Å². The highest BCUT2D eigenvalue weighted by atomic mass is 32.2. The highest BCUT2D eigenvalue weighted by Gasteiger charge is 2.19. The summed E-state index contributed by atoms with van der Waals surface area (Å²) in [6.07, 6.45) is 0. The zero-order valence-electron chi connectivity index (χ0n) is 14.3. The van der Waals surface area contributed by atoms with Crippen LogP contribution in [0.2, 0.25) is 0 Å². The maximum Gasteiger partial charge on any atom is 0.336 e. The summed E-state index contributed by atoms with van der Waals surface area (Å²) in [7, 11) is -1.61. The Kier molecular flexibility index (Phi) is 4.48. The Labute approximate surface area is 158 Å². The molecule has 1 atom stereocenters. The van der Waals surface area contributed by atoms with E-state index in [9.17, 15) is 19.2 Å². The van der Waals surface area contributed by atoms with Gasteiger partial charge in [0.1, 0.15) is 0 Å². The molecule has 5 heteroatoms. The number of hydrogen-bond donors (Lipinski definition) is 2. The van der Waals surface area contributed by atoms with Crippen LogP contribution in [0.5, 0.6) is 0 Å². The van der Waals surface area contributed by atoms with Gasteiger partial charge in [-0.05, 0) is 34.5 Å². The van der Waals surface area contributed by atoms with E-state index in [4.69, 9.17) is 0 Å². The van der Waals surface area contributed by atoms with Crippen molar-refractivity contribution in [2.75, 3.05) is 0 Å². The number of benzene rings is 4. The Morgan fingerprint density at radius 1 is 0.778 bits per heavy atom. The number of carboxylic acid groups (broad SMARTS) is 1. The molecule has 4 rings (SSSR count). The van der Waals surface area contributed by atoms with Gasteiger partial charge < -0.3 is 10.2 Å². The first-order valence-electron chi connectivity index (χ1n) is 8.40. The fourth-order valence-electron chi connectivity index (χ4n) is 3.43. The Morgan fingerprint density at radius 3 is 1.89 bits per heavy atom.